The highest BCUT2D eigenvalue weighted by atomic mass is 16.7. The van der Waals surface area contributed by atoms with Gasteiger partial charge >= 0.3 is 0 Å². The SMILES string of the molecule is CCCNc1nc2c(c(N(C)OC)n1)C=CNC2. The number of hydrogen-bond donors (Lipinski definition) is 2. The number of hydrogen-bond acceptors (Lipinski definition) is 6. The van der Waals surface area contributed by atoms with Gasteiger partial charge < -0.3 is 10.6 Å². The second-order valence-corrected chi connectivity index (χ2v) is 4.05. The van der Waals surface area contributed by atoms with E-state index in [1.165, 1.54) is 0 Å². The fraction of sp³-hybridized carbons (Fsp3) is 0.500. The quantitative estimate of drug-likeness (QED) is 0.769. The van der Waals surface area contributed by atoms with Gasteiger partial charge in [-0.2, -0.15) is 4.98 Å². The molecule has 0 fully saturated rings. The molecule has 0 atom stereocenters. The van der Waals surface area contributed by atoms with Crippen LogP contribution in [0.5, 0.6) is 0 Å². The Kier molecular flexibility index (Phi) is 3.99. The molecule has 98 valence electrons. The third-order valence-corrected chi connectivity index (χ3v) is 2.75. The molecule has 1 aliphatic heterocycles. The zero-order valence-corrected chi connectivity index (χ0v) is 11.0. The third-order valence-electron chi connectivity index (χ3n) is 2.75. The highest BCUT2D eigenvalue weighted by Crippen LogP contribution is 2.25. The van der Waals surface area contributed by atoms with Crippen LogP contribution in [0.1, 0.15) is 24.6 Å². The molecule has 1 aromatic heterocycles. The summed E-state index contributed by atoms with van der Waals surface area (Å²) in [4.78, 5) is 14.2. The van der Waals surface area contributed by atoms with Gasteiger partial charge in [0.15, 0.2) is 5.82 Å². The van der Waals surface area contributed by atoms with Gasteiger partial charge in [-0.25, -0.2) is 10.0 Å². The van der Waals surface area contributed by atoms with Gasteiger partial charge in [0.1, 0.15) is 0 Å². The normalized spacial score (nSPS) is 12.8. The van der Waals surface area contributed by atoms with Crippen LogP contribution in [0.3, 0.4) is 0 Å². The molecule has 0 amide bonds. The van der Waals surface area contributed by atoms with E-state index in [0.29, 0.717) is 12.5 Å². The third kappa shape index (κ3) is 2.53. The van der Waals surface area contributed by atoms with Crippen molar-refractivity contribution in [2.24, 2.45) is 0 Å². The lowest BCUT2D eigenvalue weighted by atomic mass is 10.1. The van der Waals surface area contributed by atoms with Crippen molar-refractivity contribution < 1.29 is 4.84 Å². The summed E-state index contributed by atoms with van der Waals surface area (Å²) in [7, 11) is 3.46. The van der Waals surface area contributed by atoms with Crippen molar-refractivity contribution in [1.29, 1.82) is 0 Å². The van der Waals surface area contributed by atoms with Gasteiger partial charge in [-0.15, -0.1) is 0 Å². The standard InChI is InChI=1S/C12H19N5O/c1-4-6-14-12-15-10-8-13-7-5-9(10)11(16-12)17(2)18-3/h5,7,13H,4,6,8H2,1-3H3,(H,14,15,16). The van der Waals surface area contributed by atoms with Gasteiger partial charge in [0.05, 0.1) is 19.3 Å². The van der Waals surface area contributed by atoms with Crippen LogP contribution < -0.4 is 15.7 Å². The van der Waals surface area contributed by atoms with Gasteiger partial charge in [0.2, 0.25) is 5.95 Å². The van der Waals surface area contributed by atoms with E-state index in [-0.39, 0.29) is 0 Å². The minimum Gasteiger partial charge on any atom is -0.385 e. The molecule has 1 aliphatic rings. The summed E-state index contributed by atoms with van der Waals surface area (Å²) >= 11 is 0. The summed E-state index contributed by atoms with van der Waals surface area (Å²) in [6.07, 6.45) is 4.90. The average Bonchev–Trinajstić information content (AvgIpc) is 2.43. The topological polar surface area (TPSA) is 62.3 Å². The molecule has 0 bridgehead atoms. The fourth-order valence-electron chi connectivity index (χ4n) is 1.75. The van der Waals surface area contributed by atoms with Crippen LogP contribution in [-0.4, -0.2) is 30.7 Å². The van der Waals surface area contributed by atoms with Gasteiger partial charge in [-0.05, 0) is 18.7 Å². The Balaban J connectivity index is 2.39. The molecule has 6 heteroatoms. The van der Waals surface area contributed by atoms with E-state index in [2.05, 4.69) is 27.5 Å². The zero-order valence-electron chi connectivity index (χ0n) is 11.0. The minimum absolute atomic E-state index is 0.645. The Hall–Kier alpha value is -1.82. The first kappa shape index (κ1) is 12.6. The first-order valence-corrected chi connectivity index (χ1v) is 6.08. The monoisotopic (exact) mass is 249 g/mol. The lowest BCUT2D eigenvalue weighted by Gasteiger charge is -2.22. The van der Waals surface area contributed by atoms with E-state index in [1.54, 1.807) is 12.2 Å². The Morgan fingerprint density at radius 2 is 2.33 bits per heavy atom. The Bertz CT molecular complexity index is 446. The lowest BCUT2D eigenvalue weighted by Crippen LogP contribution is -2.23. The van der Waals surface area contributed by atoms with E-state index < -0.39 is 0 Å². The number of nitrogens with one attached hydrogen (secondary N) is 2. The summed E-state index contributed by atoms with van der Waals surface area (Å²) in [5.41, 5.74) is 1.98. The molecule has 6 nitrogen and oxygen atoms in total. The van der Waals surface area contributed by atoms with Crippen LogP contribution in [-0.2, 0) is 11.4 Å². The van der Waals surface area contributed by atoms with Crippen LogP contribution in [0.4, 0.5) is 11.8 Å². The Labute approximate surface area is 107 Å². The second-order valence-electron chi connectivity index (χ2n) is 4.05. The van der Waals surface area contributed by atoms with Crippen molar-refractivity contribution >= 4 is 17.8 Å². The van der Waals surface area contributed by atoms with Crippen LogP contribution in [0.15, 0.2) is 6.20 Å². The maximum absolute atomic E-state index is 5.22. The molecule has 2 N–H and O–H groups in total. The van der Waals surface area contributed by atoms with Crippen molar-refractivity contribution in [1.82, 2.24) is 15.3 Å². The first-order chi connectivity index (χ1) is 8.76. The Morgan fingerprint density at radius 1 is 1.50 bits per heavy atom. The number of aromatic nitrogens is 2. The molecule has 0 aromatic carbocycles. The van der Waals surface area contributed by atoms with Gasteiger partial charge in [-0.3, -0.25) is 4.84 Å². The number of hydroxylamine groups is 1. The van der Waals surface area contributed by atoms with Crippen molar-refractivity contribution in [3.63, 3.8) is 0 Å². The maximum atomic E-state index is 5.22. The highest BCUT2D eigenvalue weighted by Gasteiger charge is 2.17. The smallest absolute Gasteiger partial charge is 0.225 e. The summed E-state index contributed by atoms with van der Waals surface area (Å²) in [6.45, 7) is 3.68. The Morgan fingerprint density at radius 3 is 3.06 bits per heavy atom. The first-order valence-electron chi connectivity index (χ1n) is 6.08. The van der Waals surface area contributed by atoms with Crippen LogP contribution >= 0.6 is 0 Å². The summed E-state index contributed by atoms with van der Waals surface area (Å²) in [6, 6.07) is 0. The van der Waals surface area contributed by atoms with E-state index >= 15 is 0 Å². The average molecular weight is 249 g/mol. The predicted octanol–water partition coefficient (Wildman–Crippen LogP) is 1.37. The molecule has 0 aliphatic carbocycles. The zero-order chi connectivity index (χ0) is 13.0. The molecule has 18 heavy (non-hydrogen) atoms. The van der Waals surface area contributed by atoms with Crippen LogP contribution in [0, 0.1) is 0 Å². The second kappa shape index (κ2) is 5.68. The molecule has 0 saturated heterocycles. The van der Waals surface area contributed by atoms with E-state index in [4.69, 9.17) is 4.84 Å². The number of anilines is 2. The molecule has 0 spiro atoms. The summed E-state index contributed by atoms with van der Waals surface area (Å²) in [5.74, 6) is 1.42. The molecular weight excluding hydrogens is 230 g/mol. The molecule has 2 rings (SSSR count). The van der Waals surface area contributed by atoms with E-state index in [0.717, 1.165) is 30.0 Å². The maximum Gasteiger partial charge on any atom is 0.225 e. The van der Waals surface area contributed by atoms with Gasteiger partial charge in [0.25, 0.3) is 0 Å². The minimum atomic E-state index is 0.645. The molecule has 0 saturated carbocycles. The van der Waals surface area contributed by atoms with Gasteiger partial charge in [0, 0.05) is 19.2 Å². The van der Waals surface area contributed by atoms with Crippen molar-refractivity contribution in [3.8, 4) is 0 Å². The molecule has 1 aromatic rings. The van der Waals surface area contributed by atoms with Crippen molar-refractivity contribution in [2.75, 3.05) is 31.1 Å². The largest absolute Gasteiger partial charge is 0.385 e. The number of fused-ring (bicyclic) bond motifs is 1. The van der Waals surface area contributed by atoms with E-state index in [9.17, 15) is 0 Å². The molecule has 0 unspecified atom stereocenters. The van der Waals surface area contributed by atoms with Crippen molar-refractivity contribution in [2.45, 2.75) is 19.9 Å². The fourth-order valence-corrected chi connectivity index (χ4v) is 1.75. The number of rotatable bonds is 5. The summed E-state index contributed by atoms with van der Waals surface area (Å²) in [5, 5.41) is 8.00. The molecule has 0 radical (unpaired) electrons. The van der Waals surface area contributed by atoms with Crippen molar-refractivity contribution in [3.05, 3.63) is 17.5 Å². The van der Waals surface area contributed by atoms with E-state index in [1.807, 2.05) is 19.3 Å². The van der Waals surface area contributed by atoms with Gasteiger partial charge in [-0.1, -0.05) is 6.92 Å². The molecule has 2 heterocycles. The highest BCUT2D eigenvalue weighted by molar-refractivity contribution is 5.67. The predicted molar refractivity (Wildman–Crippen MR) is 72.1 cm³/mol. The van der Waals surface area contributed by atoms with Crippen LogP contribution in [0.25, 0.3) is 6.08 Å². The lowest BCUT2D eigenvalue weighted by molar-refractivity contribution is 0.182. The molecular formula is C12H19N5O. The van der Waals surface area contributed by atoms with Crippen LogP contribution in [0.2, 0.25) is 0 Å². The summed E-state index contributed by atoms with van der Waals surface area (Å²) < 4.78 is 0. The number of nitrogens with zero attached hydrogens (tertiary/aromatic N) is 3.